The Morgan fingerprint density at radius 2 is 2.11 bits per heavy atom. The number of likely N-dealkylation sites (tertiary alicyclic amines) is 1. The fourth-order valence-corrected chi connectivity index (χ4v) is 3.52. The number of nitrogens with one attached hydrogen (secondary N) is 1. The number of piperidine rings is 1. The normalized spacial score (nSPS) is 28.8. The van der Waals surface area contributed by atoms with Gasteiger partial charge in [0, 0.05) is 26.2 Å². The number of carbonyl (C=O) groups is 1. The molecular formula is C15H28N2O2. The van der Waals surface area contributed by atoms with Gasteiger partial charge in [0.1, 0.15) is 0 Å². The zero-order valence-corrected chi connectivity index (χ0v) is 12.4. The number of hydrogen-bond donors (Lipinski definition) is 1. The smallest absolute Gasteiger partial charge is 0.230 e. The van der Waals surface area contributed by atoms with Crippen LogP contribution in [0.25, 0.3) is 0 Å². The fourth-order valence-electron chi connectivity index (χ4n) is 3.52. The molecule has 110 valence electrons. The average Bonchev–Trinajstić information content (AvgIpc) is 2.89. The third kappa shape index (κ3) is 3.29. The molecule has 1 unspecified atom stereocenters. The van der Waals surface area contributed by atoms with Gasteiger partial charge in [-0.3, -0.25) is 4.79 Å². The predicted octanol–water partition coefficient (Wildman–Crippen LogP) is 1.79. The van der Waals surface area contributed by atoms with E-state index in [1.165, 1.54) is 0 Å². The van der Waals surface area contributed by atoms with Crippen LogP contribution in [0.1, 0.15) is 46.0 Å². The zero-order valence-electron chi connectivity index (χ0n) is 12.4. The van der Waals surface area contributed by atoms with E-state index in [1.54, 1.807) is 0 Å². The maximum absolute atomic E-state index is 12.8. The Balaban J connectivity index is 1.92. The van der Waals surface area contributed by atoms with Crippen molar-refractivity contribution in [3.8, 4) is 0 Å². The molecular weight excluding hydrogens is 240 g/mol. The first-order chi connectivity index (χ1) is 9.22. The van der Waals surface area contributed by atoms with E-state index in [2.05, 4.69) is 17.1 Å². The summed E-state index contributed by atoms with van der Waals surface area (Å²) in [5.41, 5.74) is -0.118. The fraction of sp³-hybridized carbons (Fsp3) is 0.933. The van der Waals surface area contributed by atoms with Crippen molar-refractivity contribution in [1.82, 2.24) is 10.2 Å². The van der Waals surface area contributed by atoms with Crippen molar-refractivity contribution >= 4 is 5.91 Å². The van der Waals surface area contributed by atoms with E-state index >= 15 is 0 Å². The summed E-state index contributed by atoms with van der Waals surface area (Å²) in [5, 5.41) is 3.37. The quantitative estimate of drug-likeness (QED) is 0.826. The molecule has 2 aliphatic rings. The van der Waals surface area contributed by atoms with E-state index in [9.17, 15) is 4.79 Å². The molecule has 0 bridgehead atoms. The van der Waals surface area contributed by atoms with E-state index in [4.69, 9.17) is 4.74 Å². The minimum absolute atomic E-state index is 0.118. The summed E-state index contributed by atoms with van der Waals surface area (Å²) in [6.45, 7) is 8.59. The van der Waals surface area contributed by atoms with Gasteiger partial charge in [0.15, 0.2) is 0 Å². The third-order valence-corrected chi connectivity index (χ3v) is 4.56. The van der Waals surface area contributed by atoms with Gasteiger partial charge in [-0.25, -0.2) is 0 Å². The highest BCUT2D eigenvalue weighted by Gasteiger charge is 2.43. The molecule has 2 saturated heterocycles. The van der Waals surface area contributed by atoms with Gasteiger partial charge < -0.3 is 15.0 Å². The van der Waals surface area contributed by atoms with Gasteiger partial charge in [0.2, 0.25) is 5.91 Å². The van der Waals surface area contributed by atoms with E-state index < -0.39 is 0 Å². The summed E-state index contributed by atoms with van der Waals surface area (Å²) < 4.78 is 5.66. The first-order valence-electron chi connectivity index (χ1n) is 7.83. The Labute approximate surface area is 116 Å². The maximum Gasteiger partial charge on any atom is 0.230 e. The molecule has 0 aromatic carbocycles. The number of amides is 1. The third-order valence-electron chi connectivity index (χ3n) is 4.56. The number of carbonyl (C=O) groups excluding carboxylic acids is 1. The zero-order chi connectivity index (χ0) is 13.7. The van der Waals surface area contributed by atoms with Crippen LogP contribution >= 0.6 is 0 Å². The summed E-state index contributed by atoms with van der Waals surface area (Å²) in [6, 6.07) is 0. The number of ether oxygens (including phenoxy) is 1. The lowest BCUT2D eigenvalue weighted by Crippen LogP contribution is -2.49. The van der Waals surface area contributed by atoms with E-state index in [1.807, 2.05) is 6.92 Å². The molecule has 0 saturated carbocycles. The van der Waals surface area contributed by atoms with Crippen molar-refractivity contribution < 1.29 is 9.53 Å². The second kappa shape index (κ2) is 6.71. The molecule has 2 fully saturated rings. The van der Waals surface area contributed by atoms with Crippen molar-refractivity contribution in [2.24, 2.45) is 5.41 Å². The minimum atomic E-state index is -0.118. The van der Waals surface area contributed by atoms with Crippen LogP contribution in [-0.2, 0) is 9.53 Å². The predicted molar refractivity (Wildman–Crippen MR) is 76.1 cm³/mol. The minimum Gasteiger partial charge on any atom is -0.378 e. The van der Waals surface area contributed by atoms with Crippen LogP contribution in [0.2, 0.25) is 0 Å². The standard InChI is InChI=1S/C15H28N2O2/c1-3-7-15(8-9-16-12-15)14(18)17-10-5-13(6-11-17)19-4-2/h13,16H,3-12H2,1-2H3. The van der Waals surface area contributed by atoms with Crippen LogP contribution in [0.3, 0.4) is 0 Å². The van der Waals surface area contributed by atoms with Crippen molar-refractivity contribution in [3.05, 3.63) is 0 Å². The molecule has 0 spiro atoms. The summed E-state index contributed by atoms with van der Waals surface area (Å²) in [4.78, 5) is 14.9. The van der Waals surface area contributed by atoms with E-state index in [0.29, 0.717) is 12.0 Å². The molecule has 2 rings (SSSR count). The van der Waals surface area contributed by atoms with Gasteiger partial charge in [0.05, 0.1) is 11.5 Å². The van der Waals surface area contributed by atoms with Gasteiger partial charge in [-0.1, -0.05) is 13.3 Å². The van der Waals surface area contributed by atoms with E-state index in [-0.39, 0.29) is 5.41 Å². The van der Waals surface area contributed by atoms with Gasteiger partial charge >= 0.3 is 0 Å². The number of hydrogen-bond acceptors (Lipinski definition) is 3. The van der Waals surface area contributed by atoms with E-state index in [0.717, 1.165) is 64.9 Å². The van der Waals surface area contributed by atoms with Crippen LogP contribution in [0, 0.1) is 5.41 Å². The second-order valence-corrected chi connectivity index (χ2v) is 5.90. The molecule has 2 heterocycles. The Morgan fingerprint density at radius 1 is 1.37 bits per heavy atom. The van der Waals surface area contributed by atoms with Crippen LogP contribution in [0.15, 0.2) is 0 Å². The molecule has 1 N–H and O–H groups in total. The molecule has 19 heavy (non-hydrogen) atoms. The average molecular weight is 268 g/mol. The second-order valence-electron chi connectivity index (χ2n) is 5.90. The lowest BCUT2D eigenvalue weighted by Gasteiger charge is -2.38. The Morgan fingerprint density at radius 3 is 2.63 bits per heavy atom. The highest BCUT2D eigenvalue weighted by Crippen LogP contribution is 2.34. The maximum atomic E-state index is 12.8. The molecule has 4 nitrogen and oxygen atoms in total. The van der Waals surface area contributed by atoms with Crippen LogP contribution in [0.5, 0.6) is 0 Å². The Kier molecular flexibility index (Phi) is 5.22. The highest BCUT2D eigenvalue weighted by molar-refractivity contribution is 5.83. The number of rotatable bonds is 5. The van der Waals surface area contributed by atoms with Gasteiger partial charge in [0.25, 0.3) is 0 Å². The summed E-state index contributed by atoms with van der Waals surface area (Å²) in [7, 11) is 0. The molecule has 2 aliphatic heterocycles. The lowest BCUT2D eigenvalue weighted by atomic mass is 9.80. The summed E-state index contributed by atoms with van der Waals surface area (Å²) in [5.74, 6) is 0.384. The molecule has 4 heteroatoms. The molecule has 0 radical (unpaired) electrons. The van der Waals surface area contributed by atoms with Gasteiger partial charge in [-0.05, 0) is 39.2 Å². The SMILES string of the molecule is CCCC1(C(=O)N2CCC(OCC)CC2)CCNC1. The summed E-state index contributed by atoms with van der Waals surface area (Å²) >= 11 is 0. The molecule has 0 aliphatic carbocycles. The van der Waals surface area contributed by atoms with Crippen LogP contribution in [-0.4, -0.2) is 49.7 Å². The molecule has 1 amide bonds. The van der Waals surface area contributed by atoms with Crippen molar-refractivity contribution in [2.75, 3.05) is 32.8 Å². The molecule has 0 aromatic heterocycles. The lowest BCUT2D eigenvalue weighted by molar-refractivity contribution is -0.144. The summed E-state index contributed by atoms with van der Waals surface area (Å²) in [6.07, 6.45) is 5.46. The highest BCUT2D eigenvalue weighted by atomic mass is 16.5. The Bertz CT molecular complexity index is 293. The first-order valence-corrected chi connectivity index (χ1v) is 7.83. The monoisotopic (exact) mass is 268 g/mol. The van der Waals surface area contributed by atoms with Gasteiger partial charge in [-0.15, -0.1) is 0 Å². The topological polar surface area (TPSA) is 41.6 Å². The van der Waals surface area contributed by atoms with Crippen molar-refractivity contribution in [1.29, 1.82) is 0 Å². The first kappa shape index (κ1) is 14.8. The molecule has 1 atom stereocenters. The number of nitrogens with zero attached hydrogens (tertiary/aromatic N) is 1. The van der Waals surface area contributed by atoms with Crippen molar-refractivity contribution in [3.63, 3.8) is 0 Å². The van der Waals surface area contributed by atoms with Crippen LogP contribution in [0.4, 0.5) is 0 Å². The Hall–Kier alpha value is -0.610. The largest absolute Gasteiger partial charge is 0.378 e. The van der Waals surface area contributed by atoms with Gasteiger partial charge in [-0.2, -0.15) is 0 Å². The molecule has 0 aromatic rings. The van der Waals surface area contributed by atoms with Crippen molar-refractivity contribution in [2.45, 2.75) is 52.1 Å². The van der Waals surface area contributed by atoms with Crippen LogP contribution < -0.4 is 5.32 Å².